The molecule has 5 nitrogen and oxygen atoms in total. The van der Waals surface area contributed by atoms with Crippen molar-refractivity contribution < 1.29 is 4.52 Å². The van der Waals surface area contributed by atoms with Gasteiger partial charge < -0.3 is 10.3 Å². The molecule has 3 rings (SSSR count). The van der Waals surface area contributed by atoms with Gasteiger partial charge in [0.05, 0.1) is 5.56 Å². The number of nitrogens with zero attached hydrogens (tertiary/aromatic N) is 3. The zero-order chi connectivity index (χ0) is 14.2. The Morgan fingerprint density at radius 3 is 2.65 bits per heavy atom. The molecule has 2 N–H and O–H groups in total. The van der Waals surface area contributed by atoms with Gasteiger partial charge in [-0.1, -0.05) is 19.0 Å². The first-order valence-electron chi connectivity index (χ1n) is 7.09. The zero-order valence-corrected chi connectivity index (χ0v) is 12.0. The van der Waals surface area contributed by atoms with Crippen LogP contribution in [-0.4, -0.2) is 15.1 Å². The maximum Gasteiger partial charge on any atom is 0.259 e. The Labute approximate surface area is 118 Å². The van der Waals surface area contributed by atoms with E-state index in [9.17, 15) is 0 Å². The number of anilines is 1. The average molecular weight is 272 g/mol. The van der Waals surface area contributed by atoms with E-state index in [4.69, 9.17) is 10.3 Å². The molecule has 0 amide bonds. The number of rotatable bonds is 2. The van der Waals surface area contributed by atoms with Crippen molar-refractivity contribution >= 4 is 5.82 Å². The van der Waals surface area contributed by atoms with Gasteiger partial charge in [-0.3, -0.25) is 0 Å². The molecule has 1 aliphatic rings. The van der Waals surface area contributed by atoms with E-state index >= 15 is 0 Å². The quantitative estimate of drug-likeness (QED) is 0.906. The predicted molar refractivity (Wildman–Crippen MR) is 76.9 cm³/mol. The highest BCUT2D eigenvalue weighted by Crippen LogP contribution is 2.41. The third kappa shape index (κ3) is 2.66. The lowest BCUT2D eigenvalue weighted by Crippen LogP contribution is -2.20. The fourth-order valence-corrected chi connectivity index (χ4v) is 2.71. The molecule has 2 heterocycles. The summed E-state index contributed by atoms with van der Waals surface area (Å²) in [5.74, 6) is 2.26. The van der Waals surface area contributed by atoms with Crippen LogP contribution in [0.3, 0.4) is 0 Å². The molecule has 0 spiro atoms. The molecular formula is C15H20N4O. The number of hydrogen-bond donors (Lipinski definition) is 1. The van der Waals surface area contributed by atoms with Gasteiger partial charge in [0, 0.05) is 12.1 Å². The largest absolute Gasteiger partial charge is 0.384 e. The van der Waals surface area contributed by atoms with Crippen molar-refractivity contribution in [1.29, 1.82) is 0 Å². The Morgan fingerprint density at radius 1 is 1.25 bits per heavy atom. The highest BCUT2D eigenvalue weighted by Gasteiger charge is 2.30. The summed E-state index contributed by atoms with van der Waals surface area (Å²) in [6.45, 7) is 4.65. The predicted octanol–water partition coefficient (Wildman–Crippen LogP) is 3.40. The van der Waals surface area contributed by atoms with Gasteiger partial charge in [-0.25, -0.2) is 4.98 Å². The summed E-state index contributed by atoms with van der Waals surface area (Å²) in [6.07, 6.45) is 6.35. The number of pyridine rings is 1. The first kappa shape index (κ1) is 13.1. The molecule has 0 aliphatic heterocycles. The van der Waals surface area contributed by atoms with Gasteiger partial charge in [0.15, 0.2) is 5.82 Å². The Hall–Kier alpha value is -1.91. The molecule has 2 aromatic rings. The molecule has 0 unspecified atom stereocenters. The number of nitrogens with two attached hydrogens (primary N) is 1. The van der Waals surface area contributed by atoms with Gasteiger partial charge in [-0.15, -0.1) is 0 Å². The lowest BCUT2D eigenvalue weighted by Gasteiger charge is -2.32. The van der Waals surface area contributed by atoms with Crippen molar-refractivity contribution in [3.05, 3.63) is 24.2 Å². The van der Waals surface area contributed by atoms with Crippen LogP contribution >= 0.6 is 0 Å². The van der Waals surface area contributed by atoms with E-state index < -0.39 is 0 Å². The van der Waals surface area contributed by atoms with Crippen LogP contribution in [0, 0.1) is 5.41 Å². The molecule has 106 valence electrons. The van der Waals surface area contributed by atoms with Gasteiger partial charge in [0.1, 0.15) is 5.82 Å². The minimum Gasteiger partial charge on any atom is -0.384 e. The van der Waals surface area contributed by atoms with Crippen molar-refractivity contribution in [2.45, 2.75) is 45.4 Å². The van der Waals surface area contributed by atoms with Crippen molar-refractivity contribution in [2.24, 2.45) is 5.41 Å². The van der Waals surface area contributed by atoms with Crippen molar-refractivity contribution in [3.8, 4) is 11.5 Å². The van der Waals surface area contributed by atoms with Gasteiger partial charge in [0.25, 0.3) is 5.89 Å². The Morgan fingerprint density at radius 2 is 2.00 bits per heavy atom. The third-order valence-corrected chi connectivity index (χ3v) is 4.18. The highest BCUT2D eigenvalue weighted by molar-refractivity contribution is 5.53. The summed E-state index contributed by atoms with van der Waals surface area (Å²) < 4.78 is 5.35. The van der Waals surface area contributed by atoms with Crippen molar-refractivity contribution in [1.82, 2.24) is 15.1 Å². The molecule has 20 heavy (non-hydrogen) atoms. The van der Waals surface area contributed by atoms with E-state index in [1.54, 1.807) is 12.3 Å². The first-order chi connectivity index (χ1) is 9.53. The molecule has 0 radical (unpaired) electrons. The maximum atomic E-state index is 5.57. The van der Waals surface area contributed by atoms with E-state index in [1.807, 2.05) is 6.07 Å². The summed E-state index contributed by atoms with van der Waals surface area (Å²) >= 11 is 0. The molecule has 1 fully saturated rings. The fraction of sp³-hybridized carbons (Fsp3) is 0.533. The van der Waals surface area contributed by atoms with Crippen LogP contribution < -0.4 is 5.73 Å². The number of nitrogen functional groups attached to an aromatic ring is 1. The molecule has 2 aromatic heterocycles. The average Bonchev–Trinajstić information content (AvgIpc) is 2.89. The first-order valence-corrected chi connectivity index (χ1v) is 7.09. The summed E-state index contributed by atoms with van der Waals surface area (Å²) in [5, 5.41) is 4.14. The summed E-state index contributed by atoms with van der Waals surface area (Å²) in [7, 11) is 0. The number of hydrogen-bond acceptors (Lipinski definition) is 5. The monoisotopic (exact) mass is 272 g/mol. The molecule has 0 aromatic carbocycles. The van der Waals surface area contributed by atoms with E-state index in [2.05, 4.69) is 29.0 Å². The normalized spacial score (nSPS) is 19.1. The minimum absolute atomic E-state index is 0.419. The van der Waals surface area contributed by atoms with Crippen LogP contribution in [0.5, 0.6) is 0 Å². The van der Waals surface area contributed by atoms with E-state index in [0.29, 0.717) is 23.0 Å². The van der Waals surface area contributed by atoms with Gasteiger partial charge in [-0.05, 0) is 43.2 Å². The Kier molecular flexibility index (Phi) is 3.20. The van der Waals surface area contributed by atoms with Crippen LogP contribution in [-0.2, 0) is 0 Å². The van der Waals surface area contributed by atoms with Gasteiger partial charge in [-0.2, -0.15) is 4.98 Å². The van der Waals surface area contributed by atoms with Crippen molar-refractivity contribution in [2.75, 3.05) is 5.73 Å². The Bertz CT molecular complexity index is 578. The van der Waals surface area contributed by atoms with Crippen LogP contribution in [0.1, 0.15) is 51.3 Å². The summed E-state index contributed by atoms with van der Waals surface area (Å²) in [6, 6.07) is 3.59. The summed E-state index contributed by atoms with van der Waals surface area (Å²) in [4.78, 5) is 8.57. The highest BCUT2D eigenvalue weighted by atomic mass is 16.5. The van der Waals surface area contributed by atoms with Crippen molar-refractivity contribution in [3.63, 3.8) is 0 Å². The van der Waals surface area contributed by atoms with Crippen LogP contribution in [0.2, 0.25) is 0 Å². The molecule has 0 atom stereocenters. The van der Waals surface area contributed by atoms with Gasteiger partial charge in [0.2, 0.25) is 0 Å². The van der Waals surface area contributed by atoms with E-state index in [0.717, 1.165) is 24.2 Å². The molecule has 1 saturated carbocycles. The topological polar surface area (TPSA) is 77.8 Å². The smallest absolute Gasteiger partial charge is 0.259 e. The second-order valence-corrected chi connectivity index (χ2v) is 6.37. The second-order valence-electron chi connectivity index (χ2n) is 6.37. The van der Waals surface area contributed by atoms with Crippen LogP contribution in [0.15, 0.2) is 22.9 Å². The standard InChI is InChI=1S/C15H20N4O/c1-15(2)7-5-10(6-8-15)13-18-14(20-19-13)11-3-4-12(16)17-9-11/h3-4,9-10H,5-8H2,1-2H3,(H2,16,17). The van der Waals surface area contributed by atoms with Crippen LogP contribution in [0.25, 0.3) is 11.5 Å². The molecular weight excluding hydrogens is 252 g/mol. The molecule has 0 bridgehead atoms. The SMILES string of the molecule is CC1(C)CCC(c2noc(-c3ccc(N)nc3)n2)CC1. The lowest BCUT2D eigenvalue weighted by molar-refractivity contribution is 0.218. The second kappa shape index (κ2) is 4.89. The van der Waals surface area contributed by atoms with Gasteiger partial charge >= 0.3 is 0 Å². The third-order valence-electron chi connectivity index (χ3n) is 4.18. The minimum atomic E-state index is 0.419. The maximum absolute atomic E-state index is 5.57. The summed E-state index contributed by atoms with van der Waals surface area (Å²) in [5.41, 5.74) is 6.84. The zero-order valence-electron chi connectivity index (χ0n) is 12.0. The van der Waals surface area contributed by atoms with E-state index in [1.165, 1.54) is 12.8 Å². The van der Waals surface area contributed by atoms with Crippen LogP contribution in [0.4, 0.5) is 5.82 Å². The number of aromatic nitrogens is 3. The van der Waals surface area contributed by atoms with E-state index in [-0.39, 0.29) is 0 Å². The molecule has 5 heteroatoms. The lowest BCUT2D eigenvalue weighted by atomic mass is 9.73. The Balaban J connectivity index is 1.76. The fourth-order valence-electron chi connectivity index (χ4n) is 2.71. The molecule has 0 saturated heterocycles. The molecule has 1 aliphatic carbocycles.